The lowest BCUT2D eigenvalue weighted by Gasteiger charge is -2.02. The zero-order valence-electron chi connectivity index (χ0n) is 9.86. The molecule has 0 aliphatic rings. The molecular weight excluding hydrogens is 216 g/mol. The Kier molecular flexibility index (Phi) is 4.77. The molecule has 0 spiro atoms. The fourth-order valence-electron chi connectivity index (χ4n) is 1.31. The molecule has 0 aliphatic heterocycles. The van der Waals surface area contributed by atoms with E-state index in [0.29, 0.717) is 17.9 Å². The summed E-state index contributed by atoms with van der Waals surface area (Å²) in [5, 5.41) is 11.6. The van der Waals surface area contributed by atoms with Gasteiger partial charge in [-0.1, -0.05) is 18.2 Å². The number of nitrogens with one attached hydrogen (secondary N) is 1. The van der Waals surface area contributed by atoms with Gasteiger partial charge < -0.3 is 10.1 Å². The fraction of sp³-hybridized carbons (Fsp3) is 0.231. The molecule has 1 aromatic rings. The first-order valence-electron chi connectivity index (χ1n) is 5.16. The van der Waals surface area contributed by atoms with E-state index in [9.17, 15) is 4.79 Å². The van der Waals surface area contributed by atoms with Gasteiger partial charge in [-0.05, 0) is 17.7 Å². The highest BCUT2D eigenvalue weighted by molar-refractivity contribution is 5.73. The van der Waals surface area contributed by atoms with Crippen LogP contribution >= 0.6 is 0 Å². The topological polar surface area (TPSA) is 62.1 Å². The molecule has 88 valence electrons. The number of carbonyl (C=O) groups is 1. The van der Waals surface area contributed by atoms with E-state index in [-0.39, 0.29) is 5.91 Å². The number of methoxy groups -OCH3 is 1. The monoisotopic (exact) mass is 230 g/mol. The molecule has 0 unspecified atom stereocenters. The van der Waals surface area contributed by atoms with Crippen molar-refractivity contribution in [3.05, 3.63) is 35.4 Å². The zero-order chi connectivity index (χ0) is 12.7. The Morgan fingerprint density at radius 3 is 2.94 bits per heavy atom. The number of nitriles is 1. The van der Waals surface area contributed by atoms with Crippen molar-refractivity contribution in [3.63, 3.8) is 0 Å². The van der Waals surface area contributed by atoms with Crippen LogP contribution in [0.15, 0.2) is 24.3 Å². The molecule has 1 aromatic carbocycles. The molecule has 0 aliphatic carbocycles. The first kappa shape index (κ1) is 12.8. The Hall–Kier alpha value is -2.28. The van der Waals surface area contributed by atoms with Gasteiger partial charge in [0.05, 0.1) is 12.7 Å². The third kappa shape index (κ3) is 3.99. The van der Waals surface area contributed by atoms with E-state index in [1.54, 1.807) is 12.1 Å². The molecule has 1 rings (SSSR count). The molecule has 0 radical (unpaired) electrons. The lowest BCUT2D eigenvalue weighted by molar-refractivity contribution is -0.118. The molecule has 0 atom stereocenters. The van der Waals surface area contributed by atoms with E-state index in [1.807, 2.05) is 18.2 Å². The number of benzene rings is 1. The van der Waals surface area contributed by atoms with Crippen molar-refractivity contribution in [3.8, 4) is 11.8 Å². The lowest BCUT2D eigenvalue weighted by Crippen LogP contribution is -2.19. The van der Waals surface area contributed by atoms with Gasteiger partial charge in [-0.15, -0.1) is 0 Å². The second-order valence-corrected chi connectivity index (χ2v) is 3.41. The van der Waals surface area contributed by atoms with Crippen LogP contribution in [0.2, 0.25) is 0 Å². The normalized spacial score (nSPS) is 9.94. The van der Waals surface area contributed by atoms with E-state index < -0.39 is 0 Å². The SMILES string of the molecule is COc1ccc(C=CCNC(C)=O)cc1C#N. The van der Waals surface area contributed by atoms with Gasteiger partial charge in [0.25, 0.3) is 0 Å². The van der Waals surface area contributed by atoms with Crippen LogP contribution in [-0.4, -0.2) is 19.6 Å². The highest BCUT2D eigenvalue weighted by Gasteiger charge is 2.01. The smallest absolute Gasteiger partial charge is 0.217 e. The molecule has 0 aromatic heterocycles. The van der Waals surface area contributed by atoms with Crippen molar-refractivity contribution in [2.45, 2.75) is 6.92 Å². The van der Waals surface area contributed by atoms with Crippen LogP contribution in [0.3, 0.4) is 0 Å². The minimum atomic E-state index is -0.0675. The summed E-state index contributed by atoms with van der Waals surface area (Å²) in [6.45, 7) is 1.94. The molecule has 4 heteroatoms. The van der Waals surface area contributed by atoms with Crippen LogP contribution in [0.1, 0.15) is 18.1 Å². The largest absolute Gasteiger partial charge is 0.495 e. The van der Waals surface area contributed by atoms with E-state index in [0.717, 1.165) is 5.56 Å². The number of ether oxygens (including phenoxy) is 1. The average Bonchev–Trinajstić information content (AvgIpc) is 2.34. The summed E-state index contributed by atoms with van der Waals surface area (Å²) in [5.74, 6) is 0.494. The van der Waals surface area contributed by atoms with Crippen molar-refractivity contribution >= 4 is 12.0 Å². The first-order chi connectivity index (χ1) is 8.17. The highest BCUT2D eigenvalue weighted by atomic mass is 16.5. The van der Waals surface area contributed by atoms with Gasteiger partial charge in [0.2, 0.25) is 5.91 Å². The van der Waals surface area contributed by atoms with Crippen LogP contribution in [-0.2, 0) is 4.79 Å². The molecular formula is C13H14N2O2. The Labute approximate surface area is 101 Å². The van der Waals surface area contributed by atoms with Crippen molar-refractivity contribution < 1.29 is 9.53 Å². The van der Waals surface area contributed by atoms with Crippen molar-refractivity contribution in [2.24, 2.45) is 0 Å². The van der Waals surface area contributed by atoms with Crippen LogP contribution < -0.4 is 10.1 Å². The Balaban J connectivity index is 2.73. The van der Waals surface area contributed by atoms with Crippen LogP contribution in [0.25, 0.3) is 6.08 Å². The average molecular weight is 230 g/mol. The van der Waals surface area contributed by atoms with Crippen molar-refractivity contribution in [1.82, 2.24) is 5.32 Å². The van der Waals surface area contributed by atoms with Gasteiger partial charge in [0.1, 0.15) is 11.8 Å². The van der Waals surface area contributed by atoms with Gasteiger partial charge >= 0.3 is 0 Å². The maximum Gasteiger partial charge on any atom is 0.217 e. The maximum atomic E-state index is 10.6. The predicted molar refractivity (Wildman–Crippen MR) is 65.4 cm³/mol. The fourth-order valence-corrected chi connectivity index (χ4v) is 1.31. The van der Waals surface area contributed by atoms with E-state index in [4.69, 9.17) is 10.00 Å². The number of amides is 1. The third-order valence-electron chi connectivity index (χ3n) is 2.12. The zero-order valence-corrected chi connectivity index (χ0v) is 9.86. The second kappa shape index (κ2) is 6.33. The number of rotatable bonds is 4. The summed E-state index contributed by atoms with van der Waals surface area (Å²) >= 11 is 0. The Morgan fingerprint density at radius 2 is 2.35 bits per heavy atom. The molecule has 0 fully saturated rings. The molecule has 0 saturated heterocycles. The van der Waals surface area contributed by atoms with Gasteiger partial charge in [0, 0.05) is 13.5 Å². The molecule has 0 heterocycles. The third-order valence-corrected chi connectivity index (χ3v) is 2.12. The minimum Gasteiger partial charge on any atom is -0.495 e. The minimum absolute atomic E-state index is 0.0675. The standard InChI is InChI=1S/C13H14N2O2/c1-10(16)15-7-3-4-11-5-6-13(17-2)12(8-11)9-14/h3-6,8H,7H2,1-2H3,(H,15,16). The van der Waals surface area contributed by atoms with E-state index in [2.05, 4.69) is 11.4 Å². The van der Waals surface area contributed by atoms with Crippen LogP contribution in [0, 0.1) is 11.3 Å². The number of hydrogen-bond donors (Lipinski definition) is 1. The van der Waals surface area contributed by atoms with E-state index >= 15 is 0 Å². The van der Waals surface area contributed by atoms with E-state index in [1.165, 1.54) is 14.0 Å². The number of carbonyl (C=O) groups excluding carboxylic acids is 1. The van der Waals surface area contributed by atoms with Crippen LogP contribution in [0.4, 0.5) is 0 Å². The Morgan fingerprint density at radius 1 is 1.59 bits per heavy atom. The highest BCUT2D eigenvalue weighted by Crippen LogP contribution is 2.19. The summed E-state index contributed by atoms with van der Waals surface area (Å²) in [6.07, 6.45) is 3.67. The quantitative estimate of drug-likeness (QED) is 0.856. The summed E-state index contributed by atoms with van der Waals surface area (Å²) < 4.78 is 5.04. The van der Waals surface area contributed by atoms with Gasteiger partial charge in [-0.2, -0.15) is 5.26 Å². The molecule has 0 saturated carbocycles. The molecule has 1 amide bonds. The predicted octanol–water partition coefficient (Wildman–Crippen LogP) is 1.72. The summed E-state index contributed by atoms with van der Waals surface area (Å²) in [5.41, 5.74) is 1.39. The molecule has 17 heavy (non-hydrogen) atoms. The number of nitrogens with zero attached hydrogens (tertiary/aromatic N) is 1. The number of hydrogen-bond acceptors (Lipinski definition) is 3. The van der Waals surface area contributed by atoms with Gasteiger partial charge in [-0.3, -0.25) is 4.79 Å². The Bertz CT molecular complexity index is 473. The summed E-state index contributed by atoms with van der Waals surface area (Å²) in [6, 6.07) is 7.40. The maximum absolute atomic E-state index is 10.6. The molecule has 1 N–H and O–H groups in total. The summed E-state index contributed by atoms with van der Waals surface area (Å²) in [4.78, 5) is 10.6. The molecule has 4 nitrogen and oxygen atoms in total. The van der Waals surface area contributed by atoms with Gasteiger partial charge in [0.15, 0.2) is 0 Å². The van der Waals surface area contributed by atoms with Crippen LogP contribution in [0.5, 0.6) is 5.75 Å². The lowest BCUT2D eigenvalue weighted by atomic mass is 10.1. The van der Waals surface area contributed by atoms with Gasteiger partial charge in [-0.25, -0.2) is 0 Å². The second-order valence-electron chi connectivity index (χ2n) is 3.41. The van der Waals surface area contributed by atoms with Crippen molar-refractivity contribution in [2.75, 3.05) is 13.7 Å². The first-order valence-corrected chi connectivity index (χ1v) is 5.16. The van der Waals surface area contributed by atoms with Crippen molar-refractivity contribution in [1.29, 1.82) is 5.26 Å². The summed E-state index contributed by atoms with van der Waals surface area (Å²) in [7, 11) is 1.53. The molecule has 0 bridgehead atoms.